The lowest BCUT2D eigenvalue weighted by molar-refractivity contribution is -0.137. The van der Waals surface area contributed by atoms with Gasteiger partial charge in [-0.3, -0.25) is 9.59 Å². The monoisotopic (exact) mass is 281 g/mol. The van der Waals surface area contributed by atoms with Crippen LogP contribution in [0.3, 0.4) is 0 Å². The van der Waals surface area contributed by atoms with Crippen molar-refractivity contribution in [1.82, 2.24) is 15.5 Å². The van der Waals surface area contributed by atoms with E-state index in [1.54, 1.807) is 0 Å². The fourth-order valence-corrected chi connectivity index (χ4v) is 3.40. The zero-order chi connectivity index (χ0) is 14.4. The summed E-state index contributed by atoms with van der Waals surface area (Å²) in [6.45, 7) is 5.77. The molecule has 2 fully saturated rings. The van der Waals surface area contributed by atoms with Gasteiger partial charge in [0.1, 0.15) is 0 Å². The van der Waals surface area contributed by atoms with Crippen LogP contribution in [0.5, 0.6) is 0 Å². The zero-order valence-electron chi connectivity index (χ0n) is 12.5. The molecule has 0 unspecified atom stereocenters. The number of likely N-dealkylation sites (tertiary alicyclic amines) is 1. The van der Waals surface area contributed by atoms with Crippen LogP contribution in [0, 0.1) is 5.41 Å². The Kier molecular flexibility index (Phi) is 5.40. The smallest absolute Gasteiger partial charge is 0.241 e. The first-order chi connectivity index (χ1) is 9.68. The molecule has 0 aromatic heterocycles. The van der Waals surface area contributed by atoms with Crippen LogP contribution in [-0.4, -0.2) is 49.4 Å². The van der Waals surface area contributed by atoms with E-state index in [9.17, 15) is 9.59 Å². The highest BCUT2D eigenvalue weighted by molar-refractivity contribution is 5.88. The van der Waals surface area contributed by atoms with Crippen molar-refractivity contribution in [2.45, 2.75) is 45.4 Å². The Labute approximate surface area is 121 Å². The predicted octanol–water partition coefficient (Wildman–Crippen LogP) is 0.895. The van der Waals surface area contributed by atoms with Gasteiger partial charge >= 0.3 is 0 Å². The molecule has 2 heterocycles. The van der Waals surface area contributed by atoms with Gasteiger partial charge in [-0.1, -0.05) is 13.3 Å². The molecule has 0 aliphatic carbocycles. The lowest BCUT2D eigenvalue weighted by Crippen LogP contribution is -2.49. The molecule has 5 heteroatoms. The van der Waals surface area contributed by atoms with Crippen molar-refractivity contribution in [3.8, 4) is 0 Å². The van der Waals surface area contributed by atoms with Crippen molar-refractivity contribution in [1.29, 1.82) is 0 Å². The molecule has 2 aliphatic heterocycles. The molecular weight excluding hydrogens is 254 g/mol. The second kappa shape index (κ2) is 7.07. The Morgan fingerprint density at radius 1 is 1.20 bits per heavy atom. The van der Waals surface area contributed by atoms with Crippen molar-refractivity contribution in [2.75, 3.05) is 32.7 Å². The summed E-state index contributed by atoms with van der Waals surface area (Å²) in [7, 11) is 0. The van der Waals surface area contributed by atoms with E-state index in [0.29, 0.717) is 0 Å². The lowest BCUT2D eigenvalue weighted by Gasteiger charge is -2.36. The van der Waals surface area contributed by atoms with E-state index in [0.717, 1.165) is 64.7 Å². The van der Waals surface area contributed by atoms with Gasteiger partial charge in [-0.25, -0.2) is 0 Å². The second-order valence-corrected chi connectivity index (χ2v) is 6.05. The van der Waals surface area contributed by atoms with Crippen LogP contribution in [0.15, 0.2) is 0 Å². The molecule has 2 saturated heterocycles. The van der Waals surface area contributed by atoms with Crippen molar-refractivity contribution in [3.63, 3.8) is 0 Å². The molecule has 0 bridgehead atoms. The van der Waals surface area contributed by atoms with Crippen molar-refractivity contribution >= 4 is 11.8 Å². The van der Waals surface area contributed by atoms with E-state index in [2.05, 4.69) is 17.6 Å². The van der Waals surface area contributed by atoms with Gasteiger partial charge in [0.05, 0.1) is 12.0 Å². The fourth-order valence-electron chi connectivity index (χ4n) is 3.40. The number of nitrogens with zero attached hydrogens (tertiary/aromatic N) is 1. The number of carbonyl (C=O) groups excluding carboxylic acids is 2. The summed E-state index contributed by atoms with van der Waals surface area (Å²) in [5, 5.41) is 6.20. The first-order valence-corrected chi connectivity index (χ1v) is 7.95. The van der Waals surface area contributed by atoms with Gasteiger partial charge in [0.25, 0.3) is 0 Å². The molecule has 20 heavy (non-hydrogen) atoms. The maximum atomic E-state index is 12.5. The van der Waals surface area contributed by atoms with Crippen LogP contribution in [0.25, 0.3) is 0 Å². The van der Waals surface area contributed by atoms with Crippen LogP contribution in [0.1, 0.15) is 45.4 Å². The van der Waals surface area contributed by atoms with Gasteiger partial charge in [0.15, 0.2) is 0 Å². The summed E-state index contributed by atoms with van der Waals surface area (Å²) in [5.41, 5.74) is -0.259. The highest BCUT2D eigenvalue weighted by Crippen LogP contribution is 2.34. The first-order valence-electron chi connectivity index (χ1n) is 7.95. The molecule has 2 N–H and O–H groups in total. The third-order valence-electron chi connectivity index (χ3n) is 4.63. The average molecular weight is 281 g/mol. The molecule has 0 atom stereocenters. The average Bonchev–Trinajstić information content (AvgIpc) is 3.00. The summed E-state index contributed by atoms with van der Waals surface area (Å²) in [6, 6.07) is 0. The van der Waals surface area contributed by atoms with Crippen molar-refractivity contribution in [2.24, 2.45) is 5.41 Å². The van der Waals surface area contributed by atoms with Gasteiger partial charge in [-0.2, -0.15) is 0 Å². The Balaban J connectivity index is 1.86. The molecule has 2 rings (SSSR count). The molecule has 0 aromatic carbocycles. The molecule has 0 aromatic rings. The highest BCUT2D eigenvalue weighted by atomic mass is 16.2. The Morgan fingerprint density at radius 3 is 2.45 bits per heavy atom. The van der Waals surface area contributed by atoms with Gasteiger partial charge in [-0.05, 0) is 45.2 Å². The maximum Gasteiger partial charge on any atom is 0.241 e. The molecule has 0 spiro atoms. The topological polar surface area (TPSA) is 61.4 Å². The second-order valence-electron chi connectivity index (χ2n) is 6.05. The fraction of sp³-hybridized carbons (Fsp3) is 0.867. The molecule has 5 nitrogen and oxygen atoms in total. The van der Waals surface area contributed by atoms with Crippen molar-refractivity contribution in [3.05, 3.63) is 0 Å². The Morgan fingerprint density at radius 2 is 1.85 bits per heavy atom. The first kappa shape index (κ1) is 15.3. The molecule has 0 radical (unpaired) electrons. The quantitative estimate of drug-likeness (QED) is 0.787. The van der Waals surface area contributed by atoms with Crippen LogP contribution in [0.4, 0.5) is 0 Å². The maximum absolute atomic E-state index is 12.5. The largest absolute Gasteiger partial charge is 0.347 e. The van der Waals surface area contributed by atoms with Gasteiger partial charge < -0.3 is 15.5 Å². The van der Waals surface area contributed by atoms with Crippen LogP contribution in [-0.2, 0) is 9.59 Å². The van der Waals surface area contributed by atoms with Gasteiger partial charge in [0.2, 0.25) is 11.8 Å². The minimum atomic E-state index is -0.259. The molecule has 2 aliphatic rings. The predicted molar refractivity (Wildman–Crippen MR) is 78.3 cm³/mol. The minimum absolute atomic E-state index is 0.0661. The lowest BCUT2D eigenvalue weighted by atomic mass is 9.74. The highest BCUT2D eigenvalue weighted by Gasteiger charge is 2.38. The number of carbonyl (C=O) groups is 2. The third kappa shape index (κ3) is 3.51. The van der Waals surface area contributed by atoms with Gasteiger partial charge in [0, 0.05) is 13.1 Å². The van der Waals surface area contributed by atoms with Crippen LogP contribution in [0.2, 0.25) is 0 Å². The number of amides is 2. The van der Waals surface area contributed by atoms with E-state index < -0.39 is 0 Å². The van der Waals surface area contributed by atoms with Crippen LogP contribution >= 0.6 is 0 Å². The third-order valence-corrected chi connectivity index (χ3v) is 4.63. The normalized spacial score (nSPS) is 21.8. The SMILES string of the molecule is CCCC1(C(=O)NCC(=O)N2CCCC2)CCNCC1. The molecule has 2 amide bonds. The van der Waals surface area contributed by atoms with Crippen LogP contribution < -0.4 is 10.6 Å². The summed E-state index contributed by atoms with van der Waals surface area (Å²) in [6.07, 6.45) is 5.86. The summed E-state index contributed by atoms with van der Waals surface area (Å²) in [5.74, 6) is 0.143. The van der Waals surface area contributed by atoms with E-state index >= 15 is 0 Å². The van der Waals surface area contributed by atoms with E-state index in [1.807, 2.05) is 4.90 Å². The Bertz CT molecular complexity index is 340. The molecule has 114 valence electrons. The minimum Gasteiger partial charge on any atom is -0.347 e. The summed E-state index contributed by atoms with van der Waals surface area (Å²) in [4.78, 5) is 26.4. The van der Waals surface area contributed by atoms with Crippen molar-refractivity contribution < 1.29 is 9.59 Å². The Hall–Kier alpha value is -1.10. The standard InChI is InChI=1S/C15H27N3O2/c1-2-5-15(6-8-16-9-7-15)14(20)17-12-13(19)18-10-3-4-11-18/h16H,2-12H2,1H3,(H,17,20). The van der Waals surface area contributed by atoms with E-state index in [4.69, 9.17) is 0 Å². The number of nitrogens with one attached hydrogen (secondary N) is 2. The number of hydrogen-bond donors (Lipinski definition) is 2. The molecule has 0 saturated carbocycles. The number of hydrogen-bond acceptors (Lipinski definition) is 3. The van der Waals surface area contributed by atoms with Gasteiger partial charge in [-0.15, -0.1) is 0 Å². The summed E-state index contributed by atoms with van der Waals surface area (Å²) < 4.78 is 0. The molecular formula is C15H27N3O2. The van der Waals surface area contributed by atoms with E-state index in [-0.39, 0.29) is 23.8 Å². The number of rotatable bonds is 5. The summed E-state index contributed by atoms with van der Waals surface area (Å²) >= 11 is 0. The number of piperidine rings is 1. The van der Waals surface area contributed by atoms with E-state index in [1.165, 1.54) is 0 Å². The zero-order valence-corrected chi connectivity index (χ0v) is 12.5.